The summed E-state index contributed by atoms with van der Waals surface area (Å²) in [5, 5.41) is 7.37. The monoisotopic (exact) mass is 529 g/mol. The molecule has 0 saturated carbocycles. The van der Waals surface area contributed by atoms with Crippen LogP contribution in [0.4, 0.5) is 10.3 Å². The minimum atomic E-state index is -4.04. The molecular formula is C23H24FN7O5S. The Bertz CT molecular complexity index is 1470. The Kier molecular flexibility index (Phi) is 7.47. The van der Waals surface area contributed by atoms with E-state index in [-0.39, 0.29) is 24.0 Å². The second-order valence-corrected chi connectivity index (χ2v) is 9.89. The van der Waals surface area contributed by atoms with Gasteiger partial charge in [0, 0.05) is 18.2 Å². The molecule has 0 fully saturated rings. The average molecular weight is 530 g/mol. The van der Waals surface area contributed by atoms with E-state index in [4.69, 9.17) is 14.2 Å². The van der Waals surface area contributed by atoms with Gasteiger partial charge in [0.1, 0.15) is 28.8 Å². The number of nitrogens with zero attached hydrogens (tertiary/aromatic N) is 6. The van der Waals surface area contributed by atoms with Crippen LogP contribution in [0.3, 0.4) is 0 Å². The normalized spacial score (nSPS) is 12.1. The van der Waals surface area contributed by atoms with E-state index in [0.29, 0.717) is 28.5 Å². The predicted molar refractivity (Wildman–Crippen MR) is 132 cm³/mol. The maximum absolute atomic E-state index is 13.3. The molecule has 0 spiro atoms. The minimum Gasteiger partial charge on any atom is -0.495 e. The lowest BCUT2D eigenvalue weighted by molar-refractivity contribution is 0.391. The van der Waals surface area contributed by atoms with Crippen LogP contribution in [0.15, 0.2) is 49.1 Å². The van der Waals surface area contributed by atoms with Crippen molar-refractivity contribution in [3.8, 4) is 34.3 Å². The number of aromatic nitrogens is 6. The molecule has 1 N–H and O–H groups in total. The third-order valence-electron chi connectivity index (χ3n) is 5.40. The number of pyridine rings is 1. The molecule has 37 heavy (non-hydrogen) atoms. The van der Waals surface area contributed by atoms with Gasteiger partial charge in [0.2, 0.25) is 16.0 Å². The SMILES string of the molecule is COc1cncc(-c2nnc(NS(=O)(=O)[C@@H](C)Cc3ncc(F)cn3)n2-c2c(OC)cccc2OC)c1. The molecule has 12 nitrogen and oxygen atoms in total. The van der Waals surface area contributed by atoms with E-state index in [9.17, 15) is 12.8 Å². The summed E-state index contributed by atoms with van der Waals surface area (Å²) < 4.78 is 60.1. The molecule has 0 unspecified atom stereocenters. The Morgan fingerprint density at radius 3 is 2.30 bits per heavy atom. The molecule has 0 aliphatic rings. The summed E-state index contributed by atoms with van der Waals surface area (Å²) in [5.41, 5.74) is 0.862. The van der Waals surface area contributed by atoms with Gasteiger partial charge in [-0.3, -0.25) is 14.3 Å². The van der Waals surface area contributed by atoms with E-state index >= 15 is 0 Å². The third kappa shape index (κ3) is 5.43. The van der Waals surface area contributed by atoms with Gasteiger partial charge < -0.3 is 14.2 Å². The number of para-hydroxylation sites is 1. The third-order valence-corrected chi connectivity index (χ3v) is 7.10. The number of benzene rings is 1. The van der Waals surface area contributed by atoms with Gasteiger partial charge in [-0.2, -0.15) is 0 Å². The van der Waals surface area contributed by atoms with E-state index in [1.165, 1.54) is 45.2 Å². The largest absolute Gasteiger partial charge is 0.495 e. The molecule has 0 aliphatic carbocycles. The fourth-order valence-electron chi connectivity index (χ4n) is 3.49. The summed E-state index contributed by atoms with van der Waals surface area (Å²) in [6.07, 6.45) is 4.96. The topological polar surface area (TPSA) is 143 Å². The maximum atomic E-state index is 13.3. The molecule has 0 amide bonds. The molecule has 1 atom stereocenters. The van der Waals surface area contributed by atoms with Crippen molar-refractivity contribution >= 4 is 16.0 Å². The Hall–Kier alpha value is -4.33. The second kappa shape index (κ2) is 10.7. The summed E-state index contributed by atoms with van der Waals surface area (Å²) >= 11 is 0. The van der Waals surface area contributed by atoms with Crippen molar-refractivity contribution in [3.05, 3.63) is 60.7 Å². The number of sulfonamides is 1. The van der Waals surface area contributed by atoms with Crippen molar-refractivity contribution in [1.29, 1.82) is 0 Å². The lowest BCUT2D eigenvalue weighted by Gasteiger charge is -2.19. The first-order valence-electron chi connectivity index (χ1n) is 10.9. The highest BCUT2D eigenvalue weighted by Gasteiger charge is 2.28. The van der Waals surface area contributed by atoms with E-state index in [1.54, 1.807) is 24.3 Å². The summed E-state index contributed by atoms with van der Waals surface area (Å²) in [7, 11) is 0.411. The van der Waals surface area contributed by atoms with Crippen molar-refractivity contribution in [3.63, 3.8) is 0 Å². The predicted octanol–water partition coefficient (Wildman–Crippen LogP) is 2.66. The Morgan fingerprint density at radius 1 is 1.00 bits per heavy atom. The highest BCUT2D eigenvalue weighted by Crippen LogP contribution is 2.38. The van der Waals surface area contributed by atoms with Crippen LogP contribution in [0.2, 0.25) is 0 Å². The summed E-state index contributed by atoms with van der Waals surface area (Å²) in [6, 6.07) is 6.80. The smallest absolute Gasteiger partial charge is 0.243 e. The van der Waals surface area contributed by atoms with Crippen molar-refractivity contribution in [2.24, 2.45) is 0 Å². The van der Waals surface area contributed by atoms with Crippen molar-refractivity contribution in [2.75, 3.05) is 26.1 Å². The van der Waals surface area contributed by atoms with Crippen LogP contribution in [0.5, 0.6) is 17.2 Å². The molecule has 0 saturated heterocycles. The quantitative estimate of drug-likeness (QED) is 0.326. The van der Waals surface area contributed by atoms with E-state index in [1.807, 2.05) is 0 Å². The fraction of sp³-hybridized carbons (Fsp3) is 0.261. The zero-order chi connectivity index (χ0) is 26.6. The number of anilines is 1. The van der Waals surface area contributed by atoms with Gasteiger partial charge in [-0.15, -0.1) is 10.2 Å². The fourth-order valence-corrected chi connectivity index (χ4v) is 4.45. The van der Waals surface area contributed by atoms with Crippen LogP contribution >= 0.6 is 0 Å². The van der Waals surface area contributed by atoms with Gasteiger partial charge in [-0.25, -0.2) is 22.8 Å². The number of hydrogen-bond donors (Lipinski definition) is 1. The maximum Gasteiger partial charge on any atom is 0.243 e. The molecule has 0 aliphatic heterocycles. The van der Waals surface area contributed by atoms with Gasteiger partial charge in [0.05, 0.1) is 45.2 Å². The van der Waals surface area contributed by atoms with E-state index in [2.05, 4.69) is 29.9 Å². The number of hydrogen-bond acceptors (Lipinski definition) is 10. The first-order valence-corrected chi connectivity index (χ1v) is 12.5. The van der Waals surface area contributed by atoms with E-state index < -0.39 is 21.1 Å². The number of rotatable bonds is 10. The van der Waals surface area contributed by atoms with Crippen LogP contribution in [-0.4, -0.2) is 64.7 Å². The average Bonchev–Trinajstić information content (AvgIpc) is 3.31. The molecule has 3 aromatic heterocycles. The number of halogens is 1. The van der Waals surface area contributed by atoms with Gasteiger partial charge in [0.25, 0.3) is 0 Å². The molecule has 4 aromatic rings. The van der Waals surface area contributed by atoms with Crippen LogP contribution < -0.4 is 18.9 Å². The van der Waals surface area contributed by atoms with Crippen LogP contribution in [0.25, 0.3) is 17.1 Å². The summed E-state index contributed by atoms with van der Waals surface area (Å²) in [5.74, 6) is 0.919. The number of methoxy groups -OCH3 is 3. The van der Waals surface area contributed by atoms with Crippen molar-refractivity contribution in [2.45, 2.75) is 18.6 Å². The molecule has 14 heteroatoms. The van der Waals surface area contributed by atoms with Gasteiger partial charge >= 0.3 is 0 Å². The lowest BCUT2D eigenvalue weighted by atomic mass is 10.2. The van der Waals surface area contributed by atoms with Crippen molar-refractivity contribution in [1.82, 2.24) is 29.7 Å². The highest BCUT2D eigenvalue weighted by molar-refractivity contribution is 7.93. The lowest BCUT2D eigenvalue weighted by Crippen LogP contribution is -2.29. The standard InChI is InChI=1S/C23H24FN7O5S/c1-14(8-20-26-11-16(24)12-27-20)37(32,33)30-23-29-28-22(15-9-17(34-2)13-25-10-15)31(23)21-18(35-3)6-5-7-19(21)36-4/h5-7,9-14H,8H2,1-4H3,(H,29,30)/t14-/m0/s1. The van der Waals surface area contributed by atoms with Crippen LogP contribution in [0, 0.1) is 5.82 Å². The molecule has 4 rings (SSSR count). The van der Waals surface area contributed by atoms with Crippen molar-refractivity contribution < 1.29 is 27.0 Å². The van der Waals surface area contributed by atoms with E-state index in [0.717, 1.165) is 12.4 Å². The van der Waals surface area contributed by atoms with Crippen LogP contribution in [0.1, 0.15) is 12.7 Å². The molecule has 0 bridgehead atoms. The molecule has 1 aromatic carbocycles. The number of ether oxygens (including phenoxy) is 3. The Labute approximate surface area is 212 Å². The highest BCUT2D eigenvalue weighted by atomic mass is 32.2. The zero-order valence-corrected chi connectivity index (χ0v) is 21.2. The molecule has 3 heterocycles. The number of nitrogens with one attached hydrogen (secondary N) is 1. The Balaban J connectivity index is 1.82. The van der Waals surface area contributed by atoms with Gasteiger partial charge in [0.15, 0.2) is 11.6 Å². The molecular weight excluding hydrogens is 505 g/mol. The minimum absolute atomic E-state index is 0.0611. The van der Waals surface area contributed by atoms with Crippen LogP contribution in [-0.2, 0) is 16.4 Å². The first kappa shape index (κ1) is 25.8. The second-order valence-electron chi connectivity index (χ2n) is 7.79. The summed E-state index contributed by atoms with van der Waals surface area (Å²) in [6.45, 7) is 1.48. The molecule has 194 valence electrons. The Morgan fingerprint density at radius 2 is 1.68 bits per heavy atom. The zero-order valence-electron chi connectivity index (χ0n) is 20.4. The molecule has 0 radical (unpaired) electrons. The van der Waals surface area contributed by atoms with Gasteiger partial charge in [-0.05, 0) is 25.1 Å². The summed E-state index contributed by atoms with van der Waals surface area (Å²) in [4.78, 5) is 11.9. The first-order chi connectivity index (χ1) is 17.8. The van der Waals surface area contributed by atoms with Gasteiger partial charge in [-0.1, -0.05) is 6.07 Å².